The van der Waals surface area contributed by atoms with Crippen molar-refractivity contribution in [1.29, 1.82) is 0 Å². The molecule has 1 N–H and O–H groups in total. The largest absolute Gasteiger partial charge is 0.352 e. The number of hydrogen-bond acceptors (Lipinski definition) is 1. The van der Waals surface area contributed by atoms with Gasteiger partial charge in [0.05, 0.1) is 5.56 Å². The number of carbonyl (C=O) groups is 1. The predicted octanol–water partition coefficient (Wildman–Crippen LogP) is 3.88. The van der Waals surface area contributed by atoms with Crippen LogP contribution in [-0.4, -0.2) is 17.3 Å². The molecule has 1 aliphatic rings. The van der Waals surface area contributed by atoms with Crippen LogP contribution >= 0.6 is 31.9 Å². The second-order valence-electron chi connectivity index (χ2n) is 4.61. The number of benzene rings is 1. The fourth-order valence-electron chi connectivity index (χ4n) is 2.20. The Morgan fingerprint density at radius 1 is 1.44 bits per heavy atom. The van der Waals surface area contributed by atoms with Crippen LogP contribution in [0.15, 0.2) is 22.7 Å². The van der Waals surface area contributed by atoms with Gasteiger partial charge in [0.1, 0.15) is 5.82 Å². The maximum atomic E-state index is 13.1. The zero-order chi connectivity index (χ0) is 13.1. The number of halogens is 3. The van der Waals surface area contributed by atoms with Crippen molar-refractivity contribution in [3.8, 4) is 0 Å². The minimum atomic E-state index is -0.398. The van der Waals surface area contributed by atoms with Crippen LogP contribution in [0.3, 0.4) is 0 Å². The summed E-state index contributed by atoms with van der Waals surface area (Å²) in [5, 5.41) is 2.87. The van der Waals surface area contributed by atoms with Gasteiger partial charge in [0.15, 0.2) is 0 Å². The van der Waals surface area contributed by atoms with Crippen LogP contribution in [0.1, 0.15) is 29.6 Å². The fraction of sp³-hybridized carbons (Fsp3) is 0.462. The summed E-state index contributed by atoms with van der Waals surface area (Å²) in [5.74, 6) is -0.102. The lowest BCUT2D eigenvalue weighted by Crippen LogP contribution is -2.28. The minimum Gasteiger partial charge on any atom is -0.352 e. The van der Waals surface area contributed by atoms with Crippen LogP contribution in [0.4, 0.5) is 4.39 Å². The summed E-state index contributed by atoms with van der Waals surface area (Å²) in [4.78, 5) is 12.5. The first kappa shape index (κ1) is 14.0. The van der Waals surface area contributed by atoms with Gasteiger partial charge in [-0.2, -0.15) is 0 Å². The van der Waals surface area contributed by atoms with Gasteiger partial charge >= 0.3 is 0 Å². The highest BCUT2D eigenvalue weighted by atomic mass is 79.9. The summed E-state index contributed by atoms with van der Waals surface area (Å²) in [6.45, 7) is 0.657. The molecule has 2 atom stereocenters. The summed E-state index contributed by atoms with van der Waals surface area (Å²) < 4.78 is 13.7. The van der Waals surface area contributed by atoms with E-state index in [-0.39, 0.29) is 5.91 Å². The van der Waals surface area contributed by atoms with Crippen molar-refractivity contribution < 1.29 is 9.18 Å². The number of amides is 1. The lowest BCUT2D eigenvalue weighted by molar-refractivity contribution is 0.0946. The number of alkyl halides is 1. The molecule has 0 radical (unpaired) electrons. The molecule has 2 rings (SSSR count). The van der Waals surface area contributed by atoms with Crippen molar-refractivity contribution in [2.24, 2.45) is 5.92 Å². The fourth-order valence-corrected chi connectivity index (χ4v) is 3.42. The van der Waals surface area contributed by atoms with Crippen LogP contribution in [0.5, 0.6) is 0 Å². The highest BCUT2D eigenvalue weighted by Gasteiger charge is 2.23. The third-order valence-electron chi connectivity index (χ3n) is 3.20. The monoisotopic (exact) mass is 377 g/mol. The van der Waals surface area contributed by atoms with E-state index >= 15 is 0 Å². The summed E-state index contributed by atoms with van der Waals surface area (Å²) in [5.41, 5.74) is 0.350. The highest BCUT2D eigenvalue weighted by Crippen LogP contribution is 2.30. The van der Waals surface area contributed by atoms with Crippen LogP contribution in [0, 0.1) is 11.7 Å². The molecule has 98 valence electrons. The maximum absolute atomic E-state index is 13.1. The molecule has 2 unspecified atom stereocenters. The van der Waals surface area contributed by atoms with Gasteiger partial charge < -0.3 is 5.32 Å². The summed E-state index contributed by atoms with van der Waals surface area (Å²) in [6, 6.07) is 4.13. The molecule has 18 heavy (non-hydrogen) atoms. The first-order valence-corrected chi connectivity index (χ1v) is 7.64. The van der Waals surface area contributed by atoms with Gasteiger partial charge in [0, 0.05) is 15.8 Å². The molecule has 1 aromatic rings. The van der Waals surface area contributed by atoms with Crippen molar-refractivity contribution in [2.75, 3.05) is 6.54 Å². The second kappa shape index (κ2) is 6.15. The van der Waals surface area contributed by atoms with Crippen molar-refractivity contribution in [2.45, 2.75) is 24.1 Å². The van der Waals surface area contributed by atoms with E-state index in [1.54, 1.807) is 6.07 Å². The predicted molar refractivity (Wildman–Crippen MR) is 76.5 cm³/mol. The van der Waals surface area contributed by atoms with E-state index in [9.17, 15) is 9.18 Å². The zero-order valence-electron chi connectivity index (χ0n) is 9.76. The lowest BCUT2D eigenvalue weighted by atomic mass is 10.1. The molecular weight excluding hydrogens is 365 g/mol. The molecule has 2 nitrogen and oxygen atoms in total. The second-order valence-corrected chi connectivity index (χ2v) is 6.76. The van der Waals surface area contributed by atoms with Gasteiger partial charge in [0.25, 0.3) is 5.91 Å². The van der Waals surface area contributed by atoms with E-state index in [1.165, 1.54) is 12.1 Å². The Morgan fingerprint density at radius 2 is 2.22 bits per heavy atom. The van der Waals surface area contributed by atoms with Gasteiger partial charge in [-0.05, 0) is 59.3 Å². The Bertz CT molecular complexity index is 453. The normalized spacial score (nSPS) is 23.1. The molecule has 1 aromatic carbocycles. The molecule has 5 heteroatoms. The summed E-state index contributed by atoms with van der Waals surface area (Å²) in [7, 11) is 0. The van der Waals surface area contributed by atoms with Gasteiger partial charge in [0.2, 0.25) is 0 Å². The van der Waals surface area contributed by atoms with Crippen molar-refractivity contribution in [3.63, 3.8) is 0 Å². The number of carbonyl (C=O) groups excluding carboxylic acids is 1. The zero-order valence-corrected chi connectivity index (χ0v) is 12.9. The van der Waals surface area contributed by atoms with E-state index in [2.05, 4.69) is 37.2 Å². The standard InChI is InChI=1S/C13H14Br2FNO/c14-9-2-1-8(5-9)7-17-13(18)11-6-10(16)3-4-12(11)15/h3-4,6,8-9H,1-2,5,7H2,(H,17,18). The molecule has 1 amide bonds. The number of hydrogen-bond donors (Lipinski definition) is 1. The molecule has 0 bridgehead atoms. The molecule has 0 heterocycles. The SMILES string of the molecule is O=C(NCC1CCC(Br)C1)c1cc(F)ccc1Br. The Balaban J connectivity index is 1.93. The first-order valence-electron chi connectivity index (χ1n) is 5.93. The van der Waals surface area contributed by atoms with Crippen molar-refractivity contribution in [1.82, 2.24) is 5.32 Å². The Hall–Kier alpha value is -0.420. The third kappa shape index (κ3) is 3.54. The quantitative estimate of drug-likeness (QED) is 0.794. The van der Waals surface area contributed by atoms with Gasteiger partial charge in [-0.1, -0.05) is 15.9 Å². The minimum absolute atomic E-state index is 0.223. The topological polar surface area (TPSA) is 29.1 Å². The Labute approximate surface area is 123 Å². The molecule has 0 aliphatic heterocycles. The first-order chi connectivity index (χ1) is 8.56. The molecule has 0 aromatic heterocycles. The van der Waals surface area contributed by atoms with Crippen LogP contribution < -0.4 is 5.32 Å². The van der Waals surface area contributed by atoms with E-state index < -0.39 is 5.82 Å². The Kier molecular flexibility index (Phi) is 4.78. The third-order valence-corrected chi connectivity index (χ3v) is 4.72. The van der Waals surface area contributed by atoms with E-state index in [0.717, 1.165) is 19.3 Å². The smallest absolute Gasteiger partial charge is 0.252 e. The molecule has 1 saturated carbocycles. The van der Waals surface area contributed by atoms with Crippen LogP contribution in [-0.2, 0) is 0 Å². The average molecular weight is 379 g/mol. The highest BCUT2D eigenvalue weighted by molar-refractivity contribution is 9.10. The Morgan fingerprint density at radius 3 is 2.89 bits per heavy atom. The lowest BCUT2D eigenvalue weighted by Gasteiger charge is -2.11. The molecular formula is C13H14Br2FNO. The van der Waals surface area contributed by atoms with E-state index in [0.29, 0.717) is 27.3 Å². The van der Waals surface area contributed by atoms with E-state index in [1.807, 2.05) is 0 Å². The molecule has 0 saturated heterocycles. The number of rotatable bonds is 3. The molecule has 1 fully saturated rings. The van der Waals surface area contributed by atoms with Gasteiger partial charge in [-0.25, -0.2) is 4.39 Å². The molecule has 0 spiro atoms. The van der Waals surface area contributed by atoms with Crippen molar-refractivity contribution >= 4 is 37.8 Å². The van der Waals surface area contributed by atoms with Crippen molar-refractivity contribution in [3.05, 3.63) is 34.1 Å². The summed E-state index contributed by atoms with van der Waals surface area (Å²) >= 11 is 6.84. The number of nitrogens with one attached hydrogen (secondary N) is 1. The van der Waals surface area contributed by atoms with Gasteiger partial charge in [-0.15, -0.1) is 0 Å². The van der Waals surface area contributed by atoms with Crippen LogP contribution in [0.2, 0.25) is 0 Å². The molecule has 1 aliphatic carbocycles. The van der Waals surface area contributed by atoms with E-state index in [4.69, 9.17) is 0 Å². The maximum Gasteiger partial charge on any atom is 0.252 e. The van der Waals surface area contributed by atoms with Gasteiger partial charge in [-0.3, -0.25) is 4.79 Å². The summed E-state index contributed by atoms with van der Waals surface area (Å²) in [6.07, 6.45) is 3.37. The van der Waals surface area contributed by atoms with Crippen LogP contribution in [0.25, 0.3) is 0 Å². The average Bonchev–Trinajstić information content (AvgIpc) is 2.75.